The Kier molecular flexibility index (Phi) is 3.71. The lowest BCUT2D eigenvalue weighted by atomic mass is 9.75. The summed E-state index contributed by atoms with van der Waals surface area (Å²) in [5.41, 5.74) is 4.79. The second-order valence-corrected chi connectivity index (χ2v) is 6.70. The van der Waals surface area contributed by atoms with Crippen molar-refractivity contribution in [2.45, 2.75) is 25.3 Å². The van der Waals surface area contributed by atoms with Gasteiger partial charge in [0.05, 0.1) is 23.8 Å². The molecule has 128 valence electrons. The highest BCUT2D eigenvalue weighted by Crippen LogP contribution is 2.53. The highest BCUT2D eigenvalue weighted by molar-refractivity contribution is 5.69. The van der Waals surface area contributed by atoms with Crippen molar-refractivity contribution in [1.82, 2.24) is 0 Å². The van der Waals surface area contributed by atoms with Crippen LogP contribution in [0.2, 0.25) is 0 Å². The molecule has 0 fully saturated rings. The summed E-state index contributed by atoms with van der Waals surface area (Å²) in [6.07, 6.45) is 5.52. The van der Waals surface area contributed by atoms with E-state index in [-0.39, 0.29) is 16.7 Å². The molecule has 1 N–H and O–H groups in total. The molecule has 1 heterocycles. The van der Waals surface area contributed by atoms with Crippen LogP contribution >= 0.6 is 0 Å². The van der Waals surface area contributed by atoms with Crippen molar-refractivity contribution in [3.63, 3.8) is 0 Å². The van der Waals surface area contributed by atoms with Gasteiger partial charge in [0, 0.05) is 18.1 Å². The normalized spacial score (nSPS) is 23.5. The fourth-order valence-corrected chi connectivity index (χ4v) is 4.17. The van der Waals surface area contributed by atoms with E-state index in [0.717, 1.165) is 23.4 Å². The molecule has 2 aliphatic rings. The van der Waals surface area contributed by atoms with Crippen LogP contribution in [0.3, 0.4) is 0 Å². The van der Waals surface area contributed by atoms with Gasteiger partial charge in [0.1, 0.15) is 5.75 Å². The number of hydrogen-bond acceptors (Lipinski definition) is 4. The maximum absolute atomic E-state index is 10.9. The first-order valence-electron chi connectivity index (χ1n) is 8.45. The maximum atomic E-state index is 10.9. The predicted octanol–water partition coefficient (Wildman–Crippen LogP) is 4.74. The van der Waals surface area contributed by atoms with E-state index in [2.05, 4.69) is 30.5 Å². The van der Waals surface area contributed by atoms with E-state index in [1.54, 1.807) is 19.2 Å². The topological polar surface area (TPSA) is 64.4 Å². The SMILES string of the molecule is COc1ccc(C)c2c1N[C@H](c1ccc([N+](=O)[O-])cc1)[C@@H]1CC=C[C@H]21. The Morgan fingerprint density at radius 2 is 1.96 bits per heavy atom. The third-order valence-electron chi connectivity index (χ3n) is 5.38. The molecule has 2 aromatic rings. The van der Waals surface area contributed by atoms with Crippen LogP contribution in [0.25, 0.3) is 0 Å². The molecular formula is C20H20N2O3. The molecule has 0 saturated heterocycles. The summed E-state index contributed by atoms with van der Waals surface area (Å²) in [6.45, 7) is 2.13. The fraction of sp³-hybridized carbons (Fsp3) is 0.300. The van der Waals surface area contributed by atoms with Gasteiger partial charge in [0.15, 0.2) is 0 Å². The van der Waals surface area contributed by atoms with E-state index in [1.165, 1.54) is 11.1 Å². The van der Waals surface area contributed by atoms with Gasteiger partial charge in [-0.2, -0.15) is 0 Å². The lowest BCUT2D eigenvalue weighted by Crippen LogP contribution is -2.30. The summed E-state index contributed by atoms with van der Waals surface area (Å²) >= 11 is 0. The number of anilines is 1. The lowest BCUT2D eigenvalue weighted by Gasteiger charge is -2.39. The summed E-state index contributed by atoms with van der Waals surface area (Å²) in [5.74, 6) is 1.58. The van der Waals surface area contributed by atoms with E-state index < -0.39 is 0 Å². The predicted molar refractivity (Wildman–Crippen MR) is 97.2 cm³/mol. The number of rotatable bonds is 3. The number of benzene rings is 2. The number of fused-ring (bicyclic) bond motifs is 3. The van der Waals surface area contributed by atoms with E-state index >= 15 is 0 Å². The summed E-state index contributed by atoms with van der Waals surface area (Å²) < 4.78 is 5.57. The van der Waals surface area contributed by atoms with Gasteiger partial charge in [-0.05, 0) is 42.0 Å². The number of nitro benzene ring substituents is 1. The van der Waals surface area contributed by atoms with Crippen LogP contribution in [0, 0.1) is 23.0 Å². The van der Waals surface area contributed by atoms with Crippen LogP contribution in [0.4, 0.5) is 11.4 Å². The van der Waals surface area contributed by atoms with Gasteiger partial charge < -0.3 is 10.1 Å². The first-order valence-corrected chi connectivity index (χ1v) is 8.45. The zero-order valence-electron chi connectivity index (χ0n) is 14.2. The summed E-state index contributed by atoms with van der Waals surface area (Å²) in [7, 11) is 1.68. The zero-order chi connectivity index (χ0) is 17.6. The van der Waals surface area contributed by atoms with Gasteiger partial charge in [0.2, 0.25) is 0 Å². The molecule has 3 atom stereocenters. The van der Waals surface area contributed by atoms with Crippen LogP contribution in [0.15, 0.2) is 48.6 Å². The van der Waals surface area contributed by atoms with E-state index in [1.807, 2.05) is 18.2 Å². The number of allylic oxidation sites excluding steroid dienone is 2. The first-order chi connectivity index (χ1) is 12.1. The average Bonchev–Trinajstić information content (AvgIpc) is 3.11. The van der Waals surface area contributed by atoms with E-state index in [4.69, 9.17) is 4.74 Å². The molecule has 0 bridgehead atoms. The minimum Gasteiger partial charge on any atom is -0.495 e. The largest absolute Gasteiger partial charge is 0.495 e. The third kappa shape index (κ3) is 2.47. The molecular weight excluding hydrogens is 316 g/mol. The molecule has 0 amide bonds. The molecule has 5 nitrogen and oxygen atoms in total. The maximum Gasteiger partial charge on any atom is 0.269 e. The Hall–Kier alpha value is -2.82. The van der Waals surface area contributed by atoms with Crippen LogP contribution < -0.4 is 10.1 Å². The van der Waals surface area contributed by atoms with Crippen molar-refractivity contribution in [1.29, 1.82) is 0 Å². The van der Waals surface area contributed by atoms with Gasteiger partial charge in [-0.15, -0.1) is 0 Å². The minimum absolute atomic E-state index is 0.101. The highest BCUT2D eigenvalue weighted by Gasteiger charge is 2.39. The van der Waals surface area contributed by atoms with Crippen LogP contribution in [0.1, 0.15) is 35.1 Å². The first kappa shape index (κ1) is 15.7. The number of nitro groups is 1. The number of nitrogens with one attached hydrogen (secondary N) is 1. The second-order valence-electron chi connectivity index (χ2n) is 6.70. The van der Waals surface area contributed by atoms with Gasteiger partial charge in [-0.3, -0.25) is 10.1 Å². The molecule has 1 aliphatic heterocycles. The molecule has 1 aliphatic carbocycles. The van der Waals surface area contributed by atoms with Crippen molar-refractivity contribution in [2.75, 3.05) is 12.4 Å². The minimum atomic E-state index is -0.361. The van der Waals surface area contributed by atoms with Crippen molar-refractivity contribution in [2.24, 2.45) is 5.92 Å². The van der Waals surface area contributed by atoms with Crippen molar-refractivity contribution < 1.29 is 9.66 Å². The summed E-state index contributed by atoms with van der Waals surface area (Å²) in [5, 5.41) is 14.6. The monoisotopic (exact) mass is 336 g/mol. The number of ether oxygens (including phenoxy) is 1. The zero-order valence-corrected chi connectivity index (χ0v) is 14.2. The average molecular weight is 336 g/mol. The van der Waals surface area contributed by atoms with Crippen LogP contribution in [-0.2, 0) is 0 Å². The number of non-ortho nitro benzene ring substituents is 1. The number of hydrogen-bond donors (Lipinski definition) is 1. The van der Waals surface area contributed by atoms with E-state index in [9.17, 15) is 10.1 Å². The Labute approximate surface area is 146 Å². The molecule has 2 aromatic carbocycles. The number of methoxy groups -OCH3 is 1. The Balaban J connectivity index is 1.79. The highest BCUT2D eigenvalue weighted by atomic mass is 16.6. The van der Waals surface area contributed by atoms with E-state index in [0.29, 0.717) is 11.8 Å². The molecule has 0 unspecified atom stereocenters. The Bertz CT molecular complexity index is 858. The van der Waals surface area contributed by atoms with Crippen molar-refractivity contribution in [3.8, 4) is 5.75 Å². The standard InChI is InChI=1S/C20H20N2O3/c1-12-6-11-17(25-2)20-18(12)15-4-3-5-16(15)19(21-20)13-7-9-14(10-8-13)22(23)24/h3-4,6-11,15-16,19,21H,5H2,1-2H3/t15-,16+,19+/m0/s1. The molecule has 0 radical (unpaired) electrons. The number of aryl methyl sites for hydroxylation is 1. The quantitative estimate of drug-likeness (QED) is 0.499. The summed E-state index contributed by atoms with van der Waals surface area (Å²) in [4.78, 5) is 10.6. The smallest absolute Gasteiger partial charge is 0.269 e. The van der Waals surface area contributed by atoms with Crippen LogP contribution in [0.5, 0.6) is 5.75 Å². The van der Waals surface area contributed by atoms with Crippen molar-refractivity contribution >= 4 is 11.4 Å². The third-order valence-corrected chi connectivity index (χ3v) is 5.38. The lowest BCUT2D eigenvalue weighted by molar-refractivity contribution is -0.384. The summed E-state index contributed by atoms with van der Waals surface area (Å²) in [6, 6.07) is 11.1. The molecule has 0 saturated carbocycles. The molecule has 4 rings (SSSR count). The molecule has 5 heteroatoms. The molecule has 0 spiro atoms. The van der Waals surface area contributed by atoms with Gasteiger partial charge in [0.25, 0.3) is 5.69 Å². The molecule has 25 heavy (non-hydrogen) atoms. The Morgan fingerprint density at radius 1 is 1.20 bits per heavy atom. The van der Waals surface area contributed by atoms with Gasteiger partial charge in [-0.25, -0.2) is 0 Å². The van der Waals surface area contributed by atoms with Gasteiger partial charge in [-0.1, -0.05) is 30.4 Å². The van der Waals surface area contributed by atoms with Crippen LogP contribution in [-0.4, -0.2) is 12.0 Å². The second kappa shape index (κ2) is 5.92. The fourth-order valence-electron chi connectivity index (χ4n) is 4.17. The van der Waals surface area contributed by atoms with Gasteiger partial charge >= 0.3 is 0 Å². The number of nitrogens with zero attached hydrogens (tertiary/aromatic N) is 1. The molecule has 0 aromatic heterocycles. The Morgan fingerprint density at radius 3 is 2.64 bits per heavy atom. The van der Waals surface area contributed by atoms with Crippen molar-refractivity contribution in [3.05, 3.63) is 75.4 Å².